The van der Waals surface area contributed by atoms with Crippen molar-refractivity contribution in [2.45, 2.75) is 32.8 Å². The summed E-state index contributed by atoms with van der Waals surface area (Å²) in [5.41, 5.74) is 5.29. The Morgan fingerprint density at radius 1 is 1.14 bits per heavy atom. The molecule has 2 amide bonds. The number of amides is 2. The minimum absolute atomic E-state index is 0.0167. The van der Waals surface area contributed by atoms with E-state index in [1.54, 1.807) is 0 Å². The van der Waals surface area contributed by atoms with Crippen molar-refractivity contribution in [3.63, 3.8) is 0 Å². The number of hydrogen-bond acceptors (Lipinski definition) is 6. The number of fused-ring (bicyclic) bond motifs is 1. The van der Waals surface area contributed by atoms with Crippen molar-refractivity contribution in [2.75, 3.05) is 64.1 Å². The second-order valence-corrected chi connectivity index (χ2v) is 10.2. The van der Waals surface area contributed by atoms with Crippen LogP contribution in [-0.2, 0) is 9.53 Å². The molecule has 37 heavy (non-hydrogen) atoms. The molecule has 3 N–H and O–H groups in total. The molecule has 4 heterocycles. The molecule has 9 heteroatoms. The zero-order valence-corrected chi connectivity index (χ0v) is 21.8. The van der Waals surface area contributed by atoms with Gasteiger partial charge in [-0.2, -0.15) is 0 Å². The third kappa shape index (κ3) is 5.50. The van der Waals surface area contributed by atoms with Gasteiger partial charge in [0, 0.05) is 43.1 Å². The van der Waals surface area contributed by atoms with E-state index in [0.29, 0.717) is 37.6 Å². The molecular weight excluding hydrogens is 470 g/mol. The summed E-state index contributed by atoms with van der Waals surface area (Å²) in [6, 6.07) is 7.90. The van der Waals surface area contributed by atoms with Gasteiger partial charge >= 0.3 is 0 Å². The average Bonchev–Trinajstić information content (AvgIpc) is 3.58. The molecule has 9 nitrogen and oxygen atoms in total. The van der Waals surface area contributed by atoms with Crippen LogP contribution >= 0.6 is 0 Å². The SMILES string of the molecule is Cc1[nH]c(C=C2C(=O)N(CN3CCCC3)c3ccccc32)c(C)c1C(=O)NCC(O)CN1CCOCC1. The number of β-amino-alcohol motifs (C(OH)–C–C–N with tert-alkyl or cyclic N) is 1. The van der Waals surface area contributed by atoms with Crippen LogP contribution in [0.5, 0.6) is 0 Å². The highest BCUT2D eigenvalue weighted by Crippen LogP contribution is 2.38. The number of rotatable bonds is 8. The first kappa shape index (κ1) is 25.7. The molecule has 0 radical (unpaired) electrons. The molecule has 198 valence electrons. The van der Waals surface area contributed by atoms with Crippen molar-refractivity contribution in [1.29, 1.82) is 0 Å². The summed E-state index contributed by atoms with van der Waals surface area (Å²) in [5, 5.41) is 13.3. The number of aryl methyl sites for hydroxylation is 1. The first-order valence-corrected chi connectivity index (χ1v) is 13.2. The van der Waals surface area contributed by atoms with E-state index in [2.05, 4.69) is 20.1 Å². The largest absolute Gasteiger partial charge is 0.390 e. The number of H-pyrrole nitrogens is 1. The van der Waals surface area contributed by atoms with Gasteiger partial charge in [-0.1, -0.05) is 18.2 Å². The Hall–Kier alpha value is -2.98. The molecule has 1 aromatic carbocycles. The predicted octanol–water partition coefficient (Wildman–Crippen LogP) is 1.99. The first-order valence-electron chi connectivity index (χ1n) is 13.2. The maximum Gasteiger partial charge on any atom is 0.260 e. The van der Waals surface area contributed by atoms with Crippen molar-refractivity contribution < 1.29 is 19.4 Å². The Balaban J connectivity index is 1.31. The number of nitrogens with one attached hydrogen (secondary N) is 2. The van der Waals surface area contributed by atoms with Gasteiger partial charge in [-0.05, 0) is 57.5 Å². The normalized spacial score (nSPS) is 20.6. The van der Waals surface area contributed by atoms with Crippen LogP contribution in [0.3, 0.4) is 0 Å². The molecule has 3 aliphatic heterocycles. The quantitative estimate of drug-likeness (QED) is 0.473. The molecular formula is C28H37N5O4. The number of para-hydroxylation sites is 1. The second kappa shape index (κ2) is 11.2. The van der Waals surface area contributed by atoms with Crippen molar-refractivity contribution >= 4 is 29.2 Å². The number of ether oxygens (including phenoxy) is 1. The third-order valence-electron chi connectivity index (χ3n) is 7.56. The predicted molar refractivity (Wildman–Crippen MR) is 143 cm³/mol. The number of likely N-dealkylation sites (tertiary alicyclic amines) is 1. The topological polar surface area (TPSA) is 101 Å². The smallest absolute Gasteiger partial charge is 0.260 e. The number of anilines is 1. The van der Waals surface area contributed by atoms with Crippen LogP contribution in [-0.4, -0.2) is 97.0 Å². The maximum absolute atomic E-state index is 13.5. The van der Waals surface area contributed by atoms with E-state index in [4.69, 9.17) is 4.74 Å². The Kier molecular flexibility index (Phi) is 7.76. The number of carbonyl (C=O) groups excluding carboxylic acids is 2. The number of aliphatic hydroxyl groups is 1. The summed E-state index contributed by atoms with van der Waals surface area (Å²) in [5.74, 6) is -0.247. The lowest BCUT2D eigenvalue weighted by Gasteiger charge is -2.28. The highest BCUT2D eigenvalue weighted by molar-refractivity contribution is 6.35. The van der Waals surface area contributed by atoms with Crippen molar-refractivity contribution in [2.24, 2.45) is 0 Å². The Morgan fingerprint density at radius 2 is 1.86 bits per heavy atom. The molecule has 2 fully saturated rings. The Labute approximate surface area is 218 Å². The molecule has 3 aliphatic rings. The molecule has 1 aromatic heterocycles. The van der Waals surface area contributed by atoms with Crippen molar-refractivity contribution in [3.05, 3.63) is 52.3 Å². The highest BCUT2D eigenvalue weighted by atomic mass is 16.5. The summed E-state index contributed by atoms with van der Waals surface area (Å²) in [6.45, 7) is 9.96. The number of morpholine rings is 1. The van der Waals surface area contributed by atoms with Gasteiger partial charge in [0.25, 0.3) is 11.8 Å². The first-order chi connectivity index (χ1) is 17.9. The van der Waals surface area contributed by atoms with Gasteiger partial charge in [-0.15, -0.1) is 0 Å². The Bertz CT molecular complexity index is 1180. The van der Waals surface area contributed by atoms with Crippen LogP contribution in [0.2, 0.25) is 0 Å². The molecule has 2 aromatic rings. The minimum atomic E-state index is -0.655. The number of carbonyl (C=O) groups is 2. The summed E-state index contributed by atoms with van der Waals surface area (Å²) in [4.78, 5) is 36.2. The molecule has 0 saturated carbocycles. The van der Waals surface area contributed by atoms with E-state index >= 15 is 0 Å². The summed E-state index contributed by atoms with van der Waals surface area (Å²) < 4.78 is 5.35. The zero-order chi connectivity index (χ0) is 25.9. The molecule has 1 unspecified atom stereocenters. The van der Waals surface area contributed by atoms with Crippen LogP contribution < -0.4 is 10.2 Å². The van der Waals surface area contributed by atoms with E-state index in [1.165, 1.54) is 12.8 Å². The van der Waals surface area contributed by atoms with E-state index in [0.717, 1.165) is 54.4 Å². The van der Waals surface area contributed by atoms with E-state index in [1.807, 2.05) is 49.1 Å². The Morgan fingerprint density at radius 3 is 2.62 bits per heavy atom. The van der Waals surface area contributed by atoms with Crippen LogP contribution in [0, 0.1) is 13.8 Å². The van der Waals surface area contributed by atoms with Gasteiger partial charge < -0.3 is 20.1 Å². The highest BCUT2D eigenvalue weighted by Gasteiger charge is 2.34. The minimum Gasteiger partial charge on any atom is -0.390 e. The van der Waals surface area contributed by atoms with Gasteiger partial charge in [0.15, 0.2) is 0 Å². The molecule has 5 rings (SSSR count). The number of benzene rings is 1. The van der Waals surface area contributed by atoms with Crippen LogP contribution in [0.25, 0.3) is 11.6 Å². The molecule has 0 bridgehead atoms. The number of hydrogen-bond donors (Lipinski definition) is 3. The lowest BCUT2D eigenvalue weighted by Crippen LogP contribution is -2.44. The van der Waals surface area contributed by atoms with Crippen LogP contribution in [0.1, 0.15) is 45.7 Å². The fourth-order valence-corrected chi connectivity index (χ4v) is 5.56. The molecule has 1 atom stereocenters. The van der Waals surface area contributed by atoms with Gasteiger partial charge in [0.05, 0.1) is 42.8 Å². The molecule has 0 spiro atoms. The van der Waals surface area contributed by atoms with Crippen molar-refractivity contribution in [1.82, 2.24) is 20.1 Å². The number of aliphatic hydroxyl groups excluding tert-OH is 1. The molecule has 2 saturated heterocycles. The fourth-order valence-electron chi connectivity index (χ4n) is 5.56. The average molecular weight is 508 g/mol. The summed E-state index contributed by atoms with van der Waals surface area (Å²) >= 11 is 0. The monoisotopic (exact) mass is 507 g/mol. The van der Waals surface area contributed by atoms with E-state index < -0.39 is 6.10 Å². The number of aromatic nitrogens is 1. The van der Waals surface area contributed by atoms with Crippen LogP contribution in [0.15, 0.2) is 24.3 Å². The van der Waals surface area contributed by atoms with Gasteiger partial charge in [-0.25, -0.2) is 0 Å². The summed E-state index contributed by atoms with van der Waals surface area (Å²) in [6.07, 6.45) is 3.56. The maximum atomic E-state index is 13.5. The van der Waals surface area contributed by atoms with Crippen molar-refractivity contribution in [3.8, 4) is 0 Å². The van der Waals surface area contributed by atoms with Gasteiger partial charge in [-0.3, -0.25) is 24.3 Å². The van der Waals surface area contributed by atoms with Gasteiger partial charge in [0.1, 0.15) is 0 Å². The number of nitrogens with zero attached hydrogens (tertiary/aromatic N) is 3. The standard InChI is InChI=1S/C28H37N5O4/c1-19-24(30-20(2)26(19)27(35)29-16-21(34)17-31-11-13-37-14-12-31)15-23-22-7-3-4-8-25(22)33(28(23)36)18-32-9-5-6-10-32/h3-4,7-8,15,21,30,34H,5-6,9-14,16-18H2,1-2H3,(H,29,35). The third-order valence-corrected chi connectivity index (χ3v) is 7.56. The number of aromatic amines is 1. The van der Waals surface area contributed by atoms with E-state index in [9.17, 15) is 14.7 Å². The lowest BCUT2D eigenvalue weighted by molar-refractivity contribution is -0.113. The molecule has 0 aliphatic carbocycles. The van der Waals surface area contributed by atoms with E-state index in [-0.39, 0.29) is 18.4 Å². The lowest BCUT2D eigenvalue weighted by atomic mass is 10.0. The second-order valence-electron chi connectivity index (χ2n) is 10.2. The van der Waals surface area contributed by atoms with Gasteiger partial charge in [0.2, 0.25) is 0 Å². The fraction of sp³-hybridized carbons (Fsp3) is 0.500. The van der Waals surface area contributed by atoms with Crippen LogP contribution in [0.4, 0.5) is 5.69 Å². The summed E-state index contributed by atoms with van der Waals surface area (Å²) in [7, 11) is 0. The zero-order valence-electron chi connectivity index (χ0n) is 21.8.